The number of amides is 1. The topological polar surface area (TPSA) is 112 Å². The summed E-state index contributed by atoms with van der Waals surface area (Å²) in [6.07, 6.45) is 6.84. The number of hydrogen-bond donors (Lipinski definition) is 3. The highest BCUT2D eigenvalue weighted by molar-refractivity contribution is 5.98. The number of carbonyl (C=O) groups excluding carboxylic acids is 1. The summed E-state index contributed by atoms with van der Waals surface area (Å²) < 4.78 is 28.7. The fraction of sp³-hybridized carbons (Fsp3) is 0.138. The van der Waals surface area contributed by atoms with Crippen LogP contribution in [-0.2, 0) is 4.79 Å². The predicted octanol–water partition coefficient (Wildman–Crippen LogP) is 6.64. The molecule has 0 aliphatic rings. The number of nitrogens with zero attached hydrogens (tertiary/aromatic N) is 4. The minimum Gasteiger partial charge on any atom is -0.335 e. The van der Waals surface area contributed by atoms with Crippen molar-refractivity contribution in [3.05, 3.63) is 78.8 Å². The lowest BCUT2D eigenvalue weighted by atomic mass is 10.0. The van der Waals surface area contributed by atoms with Gasteiger partial charge in [0.2, 0.25) is 5.91 Å². The number of carbonyl (C=O) groups is 1. The number of nitrogens with one attached hydrogen (secondary N) is 3. The zero-order chi connectivity index (χ0) is 26.9. The van der Waals surface area contributed by atoms with Crippen molar-refractivity contribution in [1.82, 2.24) is 30.1 Å². The first kappa shape index (κ1) is 24.4. The molecular weight excluding hydrogens is 500 g/mol. The lowest BCUT2D eigenvalue weighted by Crippen LogP contribution is -2.11. The van der Waals surface area contributed by atoms with Crippen molar-refractivity contribution < 1.29 is 13.6 Å². The van der Waals surface area contributed by atoms with Crippen molar-refractivity contribution in [3.8, 4) is 33.8 Å². The maximum atomic E-state index is 15.2. The van der Waals surface area contributed by atoms with Crippen molar-refractivity contribution in [3.63, 3.8) is 0 Å². The lowest BCUT2D eigenvalue weighted by molar-refractivity contribution is -0.116. The molecule has 0 saturated heterocycles. The number of aromatic amines is 2. The van der Waals surface area contributed by atoms with Crippen LogP contribution in [0.5, 0.6) is 0 Å². The molecule has 3 N–H and O–H groups in total. The van der Waals surface area contributed by atoms with E-state index in [0.29, 0.717) is 56.8 Å². The Labute approximate surface area is 221 Å². The van der Waals surface area contributed by atoms with E-state index in [1.54, 1.807) is 36.7 Å². The Morgan fingerprint density at radius 1 is 1.00 bits per heavy atom. The monoisotopic (exact) mass is 523 g/mol. The summed E-state index contributed by atoms with van der Waals surface area (Å²) in [4.78, 5) is 28.7. The van der Waals surface area contributed by atoms with Gasteiger partial charge in [-0.3, -0.25) is 14.9 Å². The fourth-order valence-corrected chi connectivity index (χ4v) is 4.55. The second-order valence-electron chi connectivity index (χ2n) is 9.21. The maximum absolute atomic E-state index is 15.2. The molecule has 0 aliphatic heterocycles. The van der Waals surface area contributed by atoms with E-state index in [9.17, 15) is 9.18 Å². The number of imidazole rings is 1. The highest BCUT2D eigenvalue weighted by atomic mass is 19.1. The highest BCUT2D eigenvalue weighted by Gasteiger charge is 2.18. The first-order valence-electron chi connectivity index (χ1n) is 12.5. The smallest absolute Gasteiger partial charge is 0.224 e. The normalized spacial score (nSPS) is 11.4. The van der Waals surface area contributed by atoms with E-state index in [1.807, 2.05) is 13.0 Å². The van der Waals surface area contributed by atoms with Crippen molar-refractivity contribution in [2.45, 2.75) is 26.2 Å². The average molecular weight is 524 g/mol. The summed E-state index contributed by atoms with van der Waals surface area (Å²) in [5, 5.41) is 10.7. The number of unbranched alkanes of at least 4 members (excludes halogenated alkanes) is 1. The van der Waals surface area contributed by atoms with Gasteiger partial charge < -0.3 is 10.3 Å². The van der Waals surface area contributed by atoms with E-state index in [2.05, 4.69) is 35.5 Å². The molecular formula is C29H23F2N7O. The fourth-order valence-electron chi connectivity index (χ4n) is 4.55. The molecule has 194 valence electrons. The minimum absolute atomic E-state index is 0.109. The van der Waals surface area contributed by atoms with Crippen molar-refractivity contribution in [2.24, 2.45) is 0 Å². The Balaban J connectivity index is 1.40. The van der Waals surface area contributed by atoms with Crippen LogP contribution in [0, 0.1) is 11.6 Å². The van der Waals surface area contributed by atoms with Crippen LogP contribution in [0.15, 0.2) is 67.1 Å². The van der Waals surface area contributed by atoms with Crippen LogP contribution in [0.1, 0.15) is 26.2 Å². The minimum atomic E-state index is -0.459. The third-order valence-corrected chi connectivity index (χ3v) is 6.51. The van der Waals surface area contributed by atoms with Gasteiger partial charge in [0.05, 0.1) is 22.9 Å². The Hall–Kier alpha value is -4.99. The molecule has 2 aromatic carbocycles. The van der Waals surface area contributed by atoms with E-state index in [4.69, 9.17) is 0 Å². The number of halogens is 2. The maximum Gasteiger partial charge on any atom is 0.224 e. The second kappa shape index (κ2) is 10.1. The zero-order valence-corrected chi connectivity index (χ0v) is 20.9. The van der Waals surface area contributed by atoms with Crippen LogP contribution in [0.2, 0.25) is 0 Å². The largest absolute Gasteiger partial charge is 0.335 e. The summed E-state index contributed by atoms with van der Waals surface area (Å²) in [5.41, 5.74) is 5.08. The number of pyridine rings is 2. The molecule has 0 fully saturated rings. The van der Waals surface area contributed by atoms with E-state index < -0.39 is 5.82 Å². The predicted molar refractivity (Wildman–Crippen MR) is 146 cm³/mol. The zero-order valence-electron chi connectivity index (χ0n) is 20.9. The van der Waals surface area contributed by atoms with Gasteiger partial charge in [0, 0.05) is 47.0 Å². The number of H-pyrrole nitrogens is 2. The van der Waals surface area contributed by atoms with Crippen LogP contribution in [0.4, 0.5) is 14.5 Å². The van der Waals surface area contributed by atoms with Gasteiger partial charge in [0.1, 0.15) is 17.3 Å². The summed E-state index contributed by atoms with van der Waals surface area (Å²) in [7, 11) is 0. The van der Waals surface area contributed by atoms with Crippen LogP contribution >= 0.6 is 0 Å². The van der Waals surface area contributed by atoms with Gasteiger partial charge >= 0.3 is 0 Å². The molecule has 0 spiro atoms. The third kappa shape index (κ3) is 4.72. The van der Waals surface area contributed by atoms with Gasteiger partial charge in [-0.25, -0.2) is 18.7 Å². The molecule has 0 saturated carbocycles. The molecule has 0 aliphatic carbocycles. The van der Waals surface area contributed by atoms with Gasteiger partial charge in [0.15, 0.2) is 11.5 Å². The summed E-state index contributed by atoms with van der Waals surface area (Å²) in [6.45, 7) is 2.02. The van der Waals surface area contributed by atoms with Crippen molar-refractivity contribution in [1.29, 1.82) is 0 Å². The van der Waals surface area contributed by atoms with E-state index >= 15 is 4.39 Å². The number of hydrogen-bond acceptors (Lipinski definition) is 5. The Morgan fingerprint density at radius 3 is 2.67 bits per heavy atom. The van der Waals surface area contributed by atoms with Gasteiger partial charge in [0.25, 0.3) is 0 Å². The Kier molecular flexibility index (Phi) is 6.28. The van der Waals surface area contributed by atoms with Gasteiger partial charge in [-0.05, 0) is 42.3 Å². The first-order chi connectivity index (χ1) is 19.0. The summed E-state index contributed by atoms with van der Waals surface area (Å²) in [6, 6.07) is 12.8. The quantitative estimate of drug-likeness (QED) is 0.217. The van der Waals surface area contributed by atoms with E-state index in [1.165, 1.54) is 24.4 Å². The van der Waals surface area contributed by atoms with Gasteiger partial charge in [-0.2, -0.15) is 5.10 Å². The molecule has 39 heavy (non-hydrogen) atoms. The molecule has 1 amide bonds. The molecule has 0 unspecified atom stereocenters. The Bertz CT molecular complexity index is 1830. The Morgan fingerprint density at radius 2 is 1.85 bits per heavy atom. The van der Waals surface area contributed by atoms with Gasteiger partial charge in [-0.15, -0.1) is 0 Å². The number of anilines is 1. The summed E-state index contributed by atoms with van der Waals surface area (Å²) >= 11 is 0. The van der Waals surface area contributed by atoms with Crippen LogP contribution in [-0.4, -0.2) is 36.0 Å². The van der Waals surface area contributed by atoms with Crippen LogP contribution < -0.4 is 5.32 Å². The second-order valence-corrected chi connectivity index (χ2v) is 9.21. The first-order valence-corrected chi connectivity index (χ1v) is 12.5. The average Bonchev–Trinajstić information content (AvgIpc) is 3.55. The molecule has 6 rings (SSSR count). The van der Waals surface area contributed by atoms with E-state index in [0.717, 1.165) is 24.0 Å². The number of benzene rings is 2. The molecule has 4 heterocycles. The molecule has 0 radical (unpaired) electrons. The van der Waals surface area contributed by atoms with Crippen molar-refractivity contribution in [2.75, 3.05) is 5.32 Å². The molecule has 0 atom stereocenters. The molecule has 4 aromatic heterocycles. The SMILES string of the molecule is CCCCC(=O)Nc1cncc(-c2cc3c(-c4nc5nccc(-c6ccc(F)cc6)c5[nH]4)n[nH]c3cc2F)c1. The highest BCUT2D eigenvalue weighted by Crippen LogP contribution is 2.34. The summed E-state index contributed by atoms with van der Waals surface area (Å²) in [5.74, 6) is -0.438. The van der Waals surface area contributed by atoms with E-state index in [-0.39, 0.29) is 11.7 Å². The van der Waals surface area contributed by atoms with Crippen LogP contribution in [0.25, 0.3) is 55.8 Å². The number of rotatable bonds is 7. The van der Waals surface area contributed by atoms with Crippen molar-refractivity contribution >= 4 is 33.7 Å². The number of aromatic nitrogens is 6. The number of fused-ring (bicyclic) bond motifs is 2. The standard InChI is InChI=1S/C29H23F2N7O/c1-2-3-4-25(39)34-19-11-17(14-32-15-19)21-12-22-24(13-23(21)31)37-38-27(22)29-35-26-20(9-10-33-28(26)36-29)16-5-7-18(30)8-6-16/h5-15H,2-4H2,1H3,(H,34,39)(H,37,38)(H,33,35,36). The lowest BCUT2D eigenvalue weighted by Gasteiger charge is -2.08. The molecule has 0 bridgehead atoms. The third-order valence-electron chi connectivity index (χ3n) is 6.51. The van der Waals surface area contributed by atoms with Crippen LogP contribution in [0.3, 0.4) is 0 Å². The van der Waals surface area contributed by atoms with Gasteiger partial charge in [-0.1, -0.05) is 25.5 Å². The molecule has 6 aromatic rings. The molecule has 10 heteroatoms. The molecule has 8 nitrogen and oxygen atoms in total.